The monoisotopic (exact) mass is 489 g/mol. The van der Waals surface area contributed by atoms with Crippen molar-refractivity contribution in [3.63, 3.8) is 0 Å². The molecule has 1 saturated carbocycles. The molecule has 1 fully saturated rings. The van der Waals surface area contributed by atoms with Gasteiger partial charge in [0, 0.05) is 29.0 Å². The van der Waals surface area contributed by atoms with Gasteiger partial charge in [-0.1, -0.05) is 51.3 Å². The van der Waals surface area contributed by atoms with Crippen LogP contribution in [0.3, 0.4) is 0 Å². The molecule has 35 heavy (non-hydrogen) atoms. The van der Waals surface area contributed by atoms with E-state index in [1.165, 1.54) is 12.0 Å². The first-order valence-electron chi connectivity index (χ1n) is 12.7. The SMILES string of the molecule is CC[C@@H](C)c1ccc(N(C(=O)Cc2cccs2)[C@@H](C(=O)NC2CCCCC2)c2ccncc2)cc1. The molecule has 0 aliphatic heterocycles. The summed E-state index contributed by atoms with van der Waals surface area (Å²) in [6.45, 7) is 4.37. The van der Waals surface area contributed by atoms with Crippen LogP contribution >= 0.6 is 11.3 Å². The summed E-state index contributed by atoms with van der Waals surface area (Å²) >= 11 is 1.56. The second-order valence-corrected chi connectivity index (χ2v) is 10.5. The van der Waals surface area contributed by atoms with Gasteiger partial charge < -0.3 is 5.32 Å². The third-order valence-corrected chi connectivity index (χ3v) is 7.88. The number of nitrogens with zero attached hydrogens (tertiary/aromatic N) is 2. The predicted octanol–water partition coefficient (Wildman–Crippen LogP) is 6.42. The molecule has 1 aliphatic carbocycles. The molecule has 2 heterocycles. The number of hydrogen-bond acceptors (Lipinski definition) is 4. The molecule has 2 atom stereocenters. The molecule has 2 amide bonds. The molecule has 2 aromatic heterocycles. The topological polar surface area (TPSA) is 62.3 Å². The van der Waals surface area contributed by atoms with Crippen molar-refractivity contribution in [2.24, 2.45) is 0 Å². The number of nitrogens with one attached hydrogen (secondary N) is 1. The fourth-order valence-electron chi connectivity index (χ4n) is 4.77. The molecule has 0 bridgehead atoms. The Bertz CT molecular complexity index is 1080. The molecule has 6 heteroatoms. The second-order valence-electron chi connectivity index (χ2n) is 9.45. The van der Waals surface area contributed by atoms with Crippen molar-refractivity contribution in [3.8, 4) is 0 Å². The minimum absolute atomic E-state index is 0.0932. The first-order chi connectivity index (χ1) is 17.1. The highest BCUT2D eigenvalue weighted by Crippen LogP contribution is 2.31. The lowest BCUT2D eigenvalue weighted by Crippen LogP contribution is -2.47. The van der Waals surface area contributed by atoms with E-state index < -0.39 is 6.04 Å². The molecule has 184 valence electrons. The first kappa shape index (κ1) is 25.1. The minimum atomic E-state index is -0.762. The molecule has 0 radical (unpaired) electrons. The highest BCUT2D eigenvalue weighted by atomic mass is 32.1. The van der Waals surface area contributed by atoms with Crippen molar-refractivity contribution in [1.29, 1.82) is 0 Å². The van der Waals surface area contributed by atoms with Gasteiger partial charge in [-0.2, -0.15) is 0 Å². The van der Waals surface area contributed by atoms with Crippen LogP contribution in [0.25, 0.3) is 0 Å². The Labute approximate surface area is 212 Å². The van der Waals surface area contributed by atoms with Gasteiger partial charge in [-0.3, -0.25) is 19.5 Å². The van der Waals surface area contributed by atoms with E-state index in [9.17, 15) is 9.59 Å². The Morgan fingerprint density at radius 1 is 1.03 bits per heavy atom. The largest absolute Gasteiger partial charge is 0.351 e. The van der Waals surface area contributed by atoms with Crippen LogP contribution in [0.5, 0.6) is 0 Å². The van der Waals surface area contributed by atoms with E-state index in [-0.39, 0.29) is 24.3 Å². The van der Waals surface area contributed by atoms with Crippen LogP contribution in [-0.4, -0.2) is 22.8 Å². The first-order valence-corrected chi connectivity index (χ1v) is 13.6. The summed E-state index contributed by atoms with van der Waals surface area (Å²) in [6, 6.07) is 15.1. The molecule has 3 aromatic rings. The third kappa shape index (κ3) is 6.37. The molecule has 0 saturated heterocycles. The van der Waals surface area contributed by atoms with Crippen molar-refractivity contribution in [1.82, 2.24) is 10.3 Å². The van der Waals surface area contributed by atoms with Crippen LogP contribution in [-0.2, 0) is 16.0 Å². The zero-order valence-electron chi connectivity index (χ0n) is 20.7. The summed E-state index contributed by atoms with van der Waals surface area (Å²) in [7, 11) is 0. The number of benzene rings is 1. The number of hydrogen-bond donors (Lipinski definition) is 1. The zero-order chi connectivity index (χ0) is 24.6. The molecule has 1 N–H and O–H groups in total. The summed E-state index contributed by atoms with van der Waals surface area (Å²) in [4.78, 5) is 34.5. The summed E-state index contributed by atoms with van der Waals surface area (Å²) in [5.74, 6) is 0.211. The Morgan fingerprint density at radius 3 is 2.37 bits per heavy atom. The molecular formula is C29H35N3O2S. The molecule has 0 spiro atoms. The number of aromatic nitrogens is 1. The maximum atomic E-state index is 13.8. The smallest absolute Gasteiger partial charge is 0.248 e. The van der Waals surface area contributed by atoms with Gasteiger partial charge in [0.25, 0.3) is 0 Å². The lowest BCUT2D eigenvalue weighted by atomic mass is 9.94. The lowest BCUT2D eigenvalue weighted by molar-refractivity contribution is -0.127. The Hall–Kier alpha value is -2.99. The maximum absolute atomic E-state index is 13.8. The predicted molar refractivity (Wildman–Crippen MR) is 143 cm³/mol. The molecule has 1 aliphatic rings. The van der Waals surface area contributed by atoms with Crippen LogP contribution in [0.2, 0.25) is 0 Å². The van der Waals surface area contributed by atoms with Crippen LogP contribution in [0, 0.1) is 0 Å². The maximum Gasteiger partial charge on any atom is 0.248 e. The summed E-state index contributed by atoms with van der Waals surface area (Å²) in [5.41, 5.74) is 2.73. The fourth-order valence-corrected chi connectivity index (χ4v) is 5.47. The van der Waals surface area contributed by atoms with Crippen molar-refractivity contribution >= 4 is 28.8 Å². The Balaban J connectivity index is 1.72. The van der Waals surface area contributed by atoms with E-state index in [1.54, 1.807) is 28.6 Å². The number of anilines is 1. The van der Waals surface area contributed by atoms with Gasteiger partial charge in [0.15, 0.2) is 0 Å². The standard InChI is InChI=1S/C29H35N3O2S/c1-3-21(2)22-11-13-25(14-12-22)32(27(33)20-26-10-7-19-35-26)28(23-15-17-30-18-16-23)29(34)31-24-8-5-4-6-9-24/h7,10-19,21,24,28H,3-6,8-9,20H2,1-2H3,(H,31,34)/t21-,28-/m1/s1. The molecule has 0 unspecified atom stereocenters. The van der Waals surface area contributed by atoms with Crippen LogP contribution < -0.4 is 10.2 Å². The average molecular weight is 490 g/mol. The van der Waals surface area contributed by atoms with Crippen molar-refractivity contribution in [2.45, 2.75) is 76.8 Å². The number of rotatable bonds is 9. The van der Waals surface area contributed by atoms with E-state index in [1.807, 2.05) is 41.8 Å². The molecule has 1 aromatic carbocycles. The van der Waals surface area contributed by atoms with Gasteiger partial charge in [0.1, 0.15) is 6.04 Å². The minimum Gasteiger partial charge on any atom is -0.351 e. The van der Waals surface area contributed by atoms with Gasteiger partial charge in [-0.25, -0.2) is 0 Å². The highest BCUT2D eigenvalue weighted by molar-refractivity contribution is 7.10. The fraction of sp³-hybridized carbons (Fsp3) is 0.414. The van der Waals surface area contributed by atoms with Crippen LogP contribution in [0.4, 0.5) is 5.69 Å². The van der Waals surface area contributed by atoms with Crippen LogP contribution in [0.1, 0.15) is 80.3 Å². The Morgan fingerprint density at radius 2 is 1.74 bits per heavy atom. The number of carbonyl (C=O) groups is 2. The molecule has 4 rings (SSSR count). The van der Waals surface area contributed by atoms with Crippen molar-refractivity contribution in [2.75, 3.05) is 4.90 Å². The van der Waals surface area contributed by atoms with E-state index in [0.717, 1.165) is 48.2 Å². The highest BCUT2D eigenvalue weighted by Gasteiger charge is 2.34. The number of amides is 2. The van der Waals surface area contributed by atoms with Crippen molar-refractivity contribution in [3.05, 3.63) is 82.3 Å². The van der Waals surface area contributed by atoms with E-state index in [0.29, 0.717) is 5.92 Å². The quantitative estimate of drug-likeness (QED) is 0.377. The van der Waals surface area contributed by atoms with Gasteiger partial charge in [0.05, 0.1) is 6.42 Å². The van der Waals surface area contributed by atoms with E-state index in [4.69, 9.17) is 0 Å². The number of pyridine rings is 1. The second kappa shape index (κ2) is 12.1. The van der Waals surface area contributed by atoms with Gasteiger partial charge in [-0.15, -0.1) is 11.3 Å². The van der Waals surface area contributed by atoms with Gasteiger partial charge >= 0.3 is 0 Å². The van der Waals surface area contributed by atoms with E-state index in [2.05, 4.69) is 36.3 Å². The average Bonchev–Trinajstić information content (AvgIpc) is 3.41. The lowest BCUT2D eigenvalue weighted by Gasteiger charge is -2.33. The van der Waals surface area contributed by atoms with E-state index >= 15 is 0 Å². The molecular weight excluding hydrogens is 454 g/mol. The Kier molecular flexibility index (Phi) is 8.69. The normalized spacial score (nSPS) is 15.8. The van der Waals surface area contributed by atoms with Gasteiger partial charge in [0.2, 0.25) is 11.8 Å². The summed E-state index contributed by atoms with van der Waals surface area (Å²) in [6.07, 6.45) is 10.1. The summed E-state index contributed by atoms with van der Waals surface area (Å²) < 4.78 is 0. The van der Waals surface area contributed by atoms with Gasteiger partial charge in [-0.05, 0) is 72.0 Å². The zero-order valence-corrected chi connectivity index (χ0v) is 21.5. The molecule has 5 nitrogen and oxygen atoms in total. The summed E-state index contributed by atoms with van der Waals surface area (Å²) in [5, 5.41) is 5.25. The van der Waals surface area contributed by atoms with Crippen LogP contribution in [0.15, 0.2) is 66.3 Å². The van der Waals surface area contributed by atoms with Crippen molar-refractivity contribution < 1.29 is 9.59 Å². The number of thiophene rings is 1. The third-order valence-electron chi connectivity index (χ3n) is 7.01. The number of carbonyl (C=O) groups excluding carboxylic acids is 2.